The molecule has 0 aliphatic rings. The van der Waals surface area contributed by atoms with E-state index in [-0.39, 0.29) is 25.2 Å². The van der Waals surface area contributed by atoms with E-state index in [4.69, 9.17) is 9.84 Å². The van der Waals surface area contributed by atoms with Gasteiger partial charge < -0.3 is 15.2 Å². The molecule has 0 saturated carbocycles. The normalized spacial score (nSPS) is 11.3. The van der Waals surface area contributed by atoms with Crippen LogP contribution in [-0.2, 0) is 9.53 Å². The zero-order valence-corrected chi connectivity index (χ0v) is 11.3. The molecule has 0 aliphatic carbocycles. The summed E-state index contributed by atoms with van der Waals surface area (Å²) in [5, 5.41) is 11.5. The molecule has 1 aromatic carbocycles. The average molecular weight is 261 g/mol. The first-order valence-corrected chi connectivity index (χ1v) is 6.15. The minimum atomic E-state index is -0.147. The van der Waals surface area contributed by atoms with Crippen LogP contribution in [0.2, 0.25) is 0 Å². The number of carbonyl (C=O) groups excluding carboxylic acids is 1. The highest BCUT2D eigenvalue weighted by Gasteiger charge is 2.09. The third kappa shape index (κ3) is 5.56. The molecule has 0 aromatic heterocycles. The van der Waals surface area contributed by atoms with E-state index in [9.17, 15) is 4.79 Å². The van der Waals surface area contributed by atoms with E-state index in [2.05, 4.69) is 17.2 Å². The zero-order chi connectivity index (χ0) is 14.1. The van der Waals surface area contributed by atoms with Gasteiger partial charge in [0.1, 0.15) is 6.61 Å². The van der Waals surface area contributed by atoms with Crippen molar-refractivity contribution in [2.75, 3.05) is 20.3 Å². The number of hydrogen-bond donors (Lipinski definition) is 2. The van der Waals surface area contributed by atoms with E-state index in [0.29, 0.717) is 6.42 Å². The van der Waals surface area contributed by atoms with Gasteiger partial charge >= 0.3 is 0 Å². The van der Waals surface area contributed by atoms with Gasteiger partial charge in [-0.05, 0) is 24.6 Å². The van der Waals surface area contributed by atoms with Crippen LogP contribution < -0.4 is 5.32 Å². The monoisotopic (exact) mass is 261 g/mol. The molecular formula is C15H19NO3. The van der Waals surface area contributed by atoms with Crippen LogP contribution in [0.3, 0.4) is 0 Å². The number of benzene rings is 1. The minimum Gasteiger partial charge on any atom is -0.395 e. The molecule has 2 N–H and O–H groups in total. The Labute approximate surface area is 113 Å². The van der Waals surface area contributed by atoms with Crippen LogP contribution in [0.5, 0.6) is 0 Å². The first-order chi connectivity index (χ1) is 9.17. The van der Waals surface area contributed by atoms with Crippen LogP contribution >= 0.6 is 0 Å². The number of ether oxygens (including phenoxy) is 1. The van der Waals surface area contributed by atoms with Crippen molar-refractivity contribution >= 4 is 5.91 Å². The standard InChI is InChI=1S/C15H19NO3/c1-12(16-15(18)11-19-2)14-8-5-7-13(10-14)6-3-4-9-17/h5,7-8,10,12,17H,4,9,11H2,1-2H3,(H,16,18). The lowest BCUT2D eigenvalue weighted by Crippen LogP contribution is -2.29. The predicted molar refractivity (Wildman–Crippen MR) is 73.5 cm³/mol. The first-order valence-electron chi connectivity index (χ1n) is 6.15. The van der Waals surface area contributed by atoms with Gasteiger partial charge in [0.25, 0.3) is 0 Å². The fraction of sp³-hybridized carbons (Fsp3) is 0.400. The van der Waals surface area contributed by atoms with Crippen molar-refractivity contribution in [3.05, 3.63) is 35.4 Å². The van der Waals surface area contributed by atoms with Gasteiger partial charge in [0.15, 0.2) is 0 Å². The number of aliphatic hydroxyl groups excluding tert-OH is 1. The molecule has 4 nitrogen and oxygen atoms in total. The maximum Gasteiger partial charge on any atom is 0.246 e. The van der Waals surface area contributed by atoms with Crippen molar-refractivity contribution in [2.45, 2.75) is 19.4 Å². The van der Waals surface area contributed by atoms with Crippen LogP contribution in [0.15, 0.2) is 24.3 Å². The third-order valence-corrected chi connectivity index (χ3v) is 2.51. The minimum absolute atomic E-state index is 0.0559. The maximum atomic E-state index is 11.4. The second-order valence-electron chi connectivity index (χ2n) is 4.12. The van der Waals surface area contributed by atoms with Gasteiger partial charge in [0, 0.05) is 19.1 Å². The predicted octanol–water partition coefficient (Wildman–Crippen LogP) is 1.24. The van der Waals surface area contributed by atoms with Crippen molar-refractivity contribution in [1.29, 1.82) is 0 Å². The highest BCUT2D eigenvalue weighted by molar-refractivity contribution is 5.77. The Morgan fingerprint density at radius 2 is 2.32 bits per heavy atom. The summed E-state index contributed by atoms with van der Waals surface area (Å²) < 4.78 is 4.77. The molecule has 0 aliphatic heterocycles. The molecule has 19 heavy (non-hydrogen) atoms. The molecule has 0 heterocycles. The van der Waals surface area contributed by atoms with Crippen molar-refractivity contribution in [3.63, 3.8) is 0 Å². The lowest BCUT2D eigenvalue weighted by atomic mass is 10.1. The molecule has 1 atom stereocenters. The number of rotatable bonds is 5. The quantitative estimate of drug-likeness (QED) is 0.784. The Hall–Kier alpha value is -1.83. The van der Waals surface area contributed by atoms with Gasteiger partial charge in [0.05, 0.1) is 12.6 Å². The van der Waals surface area contributed by atoms with Crippen LogP contribution in [0.25, 0.3) is 0 Å². The fourth-order valence-corrected chi connectivity index (χ4v) is 1.60. The van der Waals surface area contributed by atoms with E-state index in [0.717, 1.165) is 11.1 Å². The highest BCUT2D eigenvalue weighted by atomic mass is 16.5. The summed E-state index contributed by atoms with van der Waals surface area (Å²) in [5.41, 5.74) is 1.86. The molecule has 0 bridgehead atoms. The average Bonchev–Trinajstić information content (AvgIpc) is 2.39. The van der Waals surface area contributed by atoms with Crippen molar-refractivity contribution in [2.24, 2.45) is 0 Å². The van der Waals surface area contributed by atoms with Crippen LogP contribution in [-0.4, -0.2) is 31.3 Å². The topological polar surface area (TPSA) is 58.6 Å². The molecule has 1 unspecified atom stereocenters. The Kier molecular flexibility index (Phi) is 6.65. The second kappa shape index (κ2) is 8.30. The lowest BCUT2D eigenvalue weighted by molar-refractivity contribution is -0.125. The summed E-state index contributed by atoms with van der Waals surface area (Å²) in [4.78, 5) is 11.4. The molecule has 102 valence electrons. The number of nitrogens with one attached hydrogen (secondary N) is 1. The van der Waals surface area contributed by atoms with Gasteiger partial charge in [-0.2, -0.15) is 0 Å². The van der Waals surface area contributed by atoms with Crippen LogP contribution in [0.4, 0.5) is 0 Å². The number of amides is 1. The number of methoxy groups -OCH3 is 1. The molecule has 1 amide bonds. The SMILES string of the molecule is COCC(=O)NC(C)c1cccc(C#CCCO)c1. The summed E-state index contributed by atoms with van der Waals surface area (Å²) >= 11 is 0. The van der Waals surface area contributed by atoms with Crippen LogP contribution in [0, 0.1) is 11.8 Å². The van der Waals surface area contributed by atoms with E-state index < -0.39 is 0 Å². The van der Waals surface area contributed by atoms with E-state index in [1.165, 1.54) is 7.11 Å². The summed E-state index contributed by atoms with van der Waals surface area (Å²) in [6, 6.07) is 7.58. The molecule has 1 rings (SSSR count). The van der Waals surface area contributed by atoms with Crippen molar-refractivity contribution < 1.29 is 14.6 Å². The number of hydrogen-bond acceptors (Lipinski definition) is 3. The molecule has 0 spiro atoms. The summed E-state index contributed by atoms with van der Waals surface area (Å²) in [5.74, 6) is 5.70. The van der Waals surface area contributed by atoms with Gasteiger partial charge in [-0.1, -0.05) is 24.0 Å². The summed E-state index contributed by atoms with van der Waals surface area (Å²) in [6.07, 6.45) is 0.463. The fourth-order valence-electron chi connectivity index (χ4n) is 1.60. The van der Waals surface area contributed by atoms with Crippen LogP contribution in [0.1, 0.15) is 30.5 Å². The zero-order valence-electron chi connectivity index (χ0n) is 11.3. The smallest absolute Gasteiger partial charge is 0.246 e. The van der Waals surface area contributed by atoms with E-state index in [1.807, 2.05) is 31.2 Å². The molecule has 0 fully saturated rings. The van der Waals surface area contributed by atoms with E-state index in [1.54, 1.807) is 0 Å². The van der Waals surface area contributed by atoms with Gasteiger partial charge in [0.2, 0.25) is 5.91 Å². The Morgan fingerprint density at radius 1 is 1.53 bits per heavy atom. The van der Waals surface area contributed by atoms with Crippen molar-refractivity contribution in [3.8, 4) is 11.8 Å². The van der Waals surface area contributed by atoms with E-state index >= 15 is 0 Å². The molecule has 1 aromatic rings. The summed E-state index contributed by atoms with van der Waals surface area (Å²) in [6.45, 7) is 2.03. The third-order valence-electron chi connectivity index (χ3n) is 2.51. The molecule has 0 saturated heterocycles. The first kappa shape index (κ1) is 15.2. The molecule has 0 radical (unpaired) electrons. The van der Waals surface area contributed by atoms with Gasteiger partial charge in [-0.3, -0.25) is 4.79 Å². The summed E-state index contributed by atoms with van der Waals surface area (Å²) in [7, 11) is 1.49. The Bertz CT molecular complexity index is 474. The molecular weight excluding hydrogens is 242 g/mol. The second-order valence-corrected chi connectivity index (χ2v) is 4.12. The van der Waals surface area contributed by atoms with Crippen molar-refractivity contribution in [1.82, 2.24) is 5.32 Å². The lowest BCUT2D eigenvalue weighted by Gasteiger charge is -2.14. The maximum absolute atomic E-state index is 11.4. The Balaban J connectivity index is 2.70. The van der Waals surface area contributed by atoms with Gasteiger partial charge in [-0.15, -0.1) is 0 Å². The van der Waals surface area contributed by atoms with Gasteiger partial charge in [-0.25, -0.2) is 0 Å². The highest BCUT2D eigenvalue weighted by Crippen LogP contribution is 2.13. The Morgan fingerprint density at radius 3 is 3.00 bits per heavy atom. The number of aliphatic hydroxyl groups is 1. The number of carbonyl (C=O) groups is 1. The largest absolute Gasteiger partial charge is 0.395 e. The molecule has 4 heteroatoms.